The predicted octanol–water partition coefficient (Wildman–Crippen LogP) is 1.80. The van der Waals surface area contributed by atoms with E-state index in [-0.39, 0.29) is 17.0 Å². The molecule has 5 nitrogen and oxygen atoms in total. The van der Waals surface area contributed by atoms with E-state index in [0.717, 1.165) is 19.3 Å². The summed E-state index contributed by atoms with van der Waals surface area (Å²) < 4.78 is 32.8. The van der Waals surface area contributed by atoms with Gasteiger partial charge in [-0.05, 0) is 51.3 Å². The van der Waals surface area contributed by atoms with Gasteiger partial charge in [0.25, 0.3) is 0 Å². The van der Waals surface area contributed by atoms with Crippen LogP contribution in [0.2, 0.25) is 0 Å². The standard InChI is InChI=1S/C14H21NO4S/c1-3-19-13-6-5-12(9-11(13)10-16)20(17,18)15-14(2)7-4-8-14/h5-6,9,15-16H,3-4,7-8,10H2,1-2H3. The van der Waals surface area contributed by atoms with Crippen LogP contribution in [0.5, 0.6) is 5.75 Å². The second-order valence-corrected chi connectivity index (χ2v) is 7.06. The third-order valence-electron chi connectivity index (χ3n) is 3.65. The maximum Gasteiger partial charge on any atom is 0.241 e. The highest BCUT2D eigenvalue weighted by Crippen LogP contribution is 2.33. The van der Waals surface area contributed by atoms with E-state index >= 15 is 0 Å². The molecule has 1 aliphatic rings. The summed E-state index contributed by atoms with van der Waals surface area (Å²) in [5, 5.41) is 9.33. The Morgan fingerprint density at radius 3 is 2.60 bits per heavy atom. The summed E-state index contributed by atoms with van der Waals surface area (Å²) >= 11 is 0. The van der Waals surface area contributed by atoms with Crippen LogP contribution in [-0.4, -0.2) is 25.7 Å². The Morgan fingerprint density at radius 1 is 1.40 bits per heavy atom. The highest BCUT2D eigenvalue weighted by Gasteiger charge is 2.36. The summed E-state index contributed by atoms with van der Waals surface area (Å²) in [7, 11) is -3.56. The van der Waals surface area contributed by atoms with E-state index in [4.69, 9.17) is 4.74 Å². The molecular formula is C14H21NO4S. The molecule has 0 aromatic heterocycles. The first-order valence-corrected chi connectivity index (χ1v) is 8.29. The van der Waals surface area contributed by atoms with Crippen molar-refractivity contribution in [1.82, 2.24) is 4.72 Å². The van der Waals surface area contributed by atoms with Gasteiger partial charge in [0.1, 0.15) is 5.75 Å². The minimum absolute atomic E-state index is 0.165. The lowest BCUT2D eigenvalue weighted by Gasteiger charge is -2.38. The molecule has 2 rings (SSSR count). The van der Waals surface area contributed by atoms with Crippen molar-refractivity contribution < 1.29 is 18.3 Å². The number of hydrogen-bond acceptors (Lipinski definition) is 4. The Labute approximate surface area is 120 Å². The second kappa shape index (κ2) is 5.71. The van der Waals surface area contributed by atoms with Crippen molar-refractivity contribution in [2.75, 3.05) is 6.61 Å². The van der Waals surface area contributed by atoms with E-state index in [1.807, 2.05) is 13.8 Å². The van der Waals surface area contributed by atoms with Crippen LogP contribution in [0.15, 0.2) is 23.1 Å². The van der Waals surface area contributed by atoms with Crippen molar-refractivity contribution in [2.24, 2.45) is 0 Å². The fraction of sp³-hybridized carbons (Fsp3) is 0.571. The third-order valence-corrected chi connectivity index (χ3v) is 5.29. The smallest absolute Gasteiger partial charge is 0.241 e. The molecule has 0 amide bonds. The fourth-order valence-electron chi connectivity index (χ4n) is 2.34. The van der Waals surface area contributed by atoms with E-state index in [2.05, 4.69) is 4.72 Å². The molecule has 0 bridgehead atoms. The fourth-order valence-corrected chi connectivity index (χ4v) is 3.85. The van der Waals surface area contributed by atoms with Crippen LogP contribution in [0, 0.1) is 0 Å². The van der Waals surface area contributed by atoms with E-state index < -0.39 is 10.0 Å². The Kier molecular flexibility index (Phi) is 4.36. The van der Waals surface area contributed by atoms with Crippen molar-refractivity contribution >= 4 is 10.0 Å². The molecular weight excluding hydrogens is 278 g/mol. The van der Waals surface area contributed by atoms with Gasteiger partial charge in [0, 0.05) is 11.1 Å². The molecule has 0 atom stereocenters. The first kappa shape index (κ1) is 15.3. The topological polar surface area (TPSA) is 75.6 Å². The van der Waals surface area contributed by atoms with Crippen LogP contribution in [0.3, 0.4) is 0 Å². The molecule has 0 aliphatic heterocycles. The van der Waals surface area contributed by atoms with Gasteiger partial charge < -0.3 is 9.84 Å². The van der Waals surface area contributed by atoms with Crippen LogP contribution < -0.4 is 9.46 Å². The lowest BCUT2D eigenvalue weighted by atomic mass is 9.80. The first-order valence-electron chi connectivity index (χ1n) is 6.81. The molecule has 1 aliphatic carbocycles. The molecule has 0 saturated heterocycles. The van der Waals surface area contributed by atoms with Crippen molar-refractivity contribution in [3.63, 3.8) is 0 Å². The molecule has 1 saturated carbocycles. The van der Waals surface area contributed by atoms with Crippen LogP contribution in [0.1, 0.15) is 38.7 Å². The molecule has 1 aromatic carbocycles. The van der Waals surface area contributed by atoms with Gasteiger partial charge in [-0.3, -0.25) is 0 Å². The molecule has 0 radical (unpaired) electrons. The zero-order chi connectivity index (χ0) is 14.8. The van der Waals surface area contributed by atoms with Gasteiger partial charge in [-0.1, -0.05) is 0 Å². The SMILES string of the molecule is CCOc1ccc(S(=O)(=O)NC2(C)CCC2)cc1CO. The quantitative estimate of drug-likeness (QED) is 0.840. The minimum atomic E-state index is -3.56. The van der Waals surface area contributed by atoms with Gasteiger partial charge in [0.05, 0.1) is 18.1 Å². The van der Waals surface area contributed by atoms with Gasteiger partial charge in [0.2, 0.25) is 10.0 Å². The van der Waals surface area contributed by atoms with Crippen molar-refractivity contribution in [3.8, 4) is 5.75 Å². The van der Waals surface area contributed by atoms with Crippen molar-refractivity contribution in [1.29, 1.82) is 0 Å². The average molecular weight is 299 g/mol. The zero-order valence-corrected chi connectivity index (χ0v) is 12.7. The highest BCUT2D eigenvalue weighted by molar-refractivity contribution is 7.89. The van der Waals surface area contributed by atoms with E-state index in [1.54, 1.807) is 6.07 Å². The normalized spacial score (nSPS) is 17.6. The number of sulfonamides is 1. The van der Waals surface area contributed by atoms with Gasteiger partial charge in [-0.25, -0.2) is 13.1 Å². The number of benzene rings is 1. The number of hydrogen-bond donors (Lipinski definition) is 2. The molecule has 1 fully saturated rings. The number of aliphatic hydroxyl groups excluding tert-OH is 1. The van der Waals surface area contributed by atoms with E-state index in [0.29, 0.717) is 17.9 Å². The largest absolute Gasteiger partial charge is 0.494 e. The van der Waals surface area contributed by atoms with Crippen LogP contribution in [-0.2, 0) is 16.6 Å². The summed E-state index contributed by atoms with van der Waals surface area (Å²) in [6, 6.07) is 4.57. The van der Waals surface area contributed by atoms with Crippen molar-refractivity contribution in [3.05, 3.63) is 23.8 Å². The summed E-state index contributed by atoms with van der Waals surface area (Å²) in [4.78, 5) is 0.165. The molecule has 20 heavy (non-hydrogen) atoms. The summed E-state index contributed by atoms with van der Waals surface area (Å²) in [6.07, 6.45) is 2.76. The van der Waals surface area contributed by atoms with E-state index in [9.17, 15) is 13.5 Å². The maximum absolute atomic E-state index is 12.3. The van der Waals surface area contributed by atoms with Crippen LogP contribution in [0.25, 0.3) is 0 Å². The summed E-state index contributed by atoms with van der Waals surface area (Å²) in [6.45, 7) is 3.96. The predicted molar refractivity (Wildman–Crippen MR) is 76.1 cm³/mol. The summed E-state index contributed by atoms with van der Waals surface area (Å²) in [5.74, 6) is 0.517. The Hall–Kier alpha value is -1.11. The van der Waals surface area contributed by atoms with Crippen LogP contribution in [0.4, 0.5) is 0 Å². The van der Waals surface area contributed by atoms with Gasteiger partial charge in [-0.15, -0.1) is 0 Å². The van der Waals surface area contributed by atoms with Crippen LogP contribution >= 0.6 is 0 Å². The molecule has 1 aromatic rings. The molecule has 2 N–H and O–H groups in total. The highest BCUT2D eigenvalue weighted by atomic mass is 32.2. The number of rotatable bonds is 6. The molecule has 0 unspecified atom stereocenters. The molecule has 0 spiro atoms. The average Bonchev–Trinajstić information content (AvgIpc) is 2.37. The van der Waals surface area contributed by atoms with Gasteiger partial charge >= 0.3 is 0 Å². The lowest BCUT2D eigenvalue weighted by Crippen LogP contribution is -2.50. The van der Waals surface area contributed by atoms with Gasteiger partial charge in [-0.2, -0.15) is 0 Å². The summed E-state index contributed by atoms with van der Waals surface area (Å²) in [5.41, 5.74) is 0.144. The van der Waals surface area contributed by atoms with Gasteiger partial charge in [0.15, 0.2) is 0 Å². The van der Waals surface area contributed by atoms with E-state index in [1.165, 1.54) is 12.1 Å². The molecule has 6 heteroatoms. The number of nitrogens with one attached hydrogen (secondary N) is 1. The molecule has 112 valence electrons. The first-order chi connectivity index (χ1) is 9.40. The maximum atomic E-state index is 12.3. The van der Waals surface area contributed by atoms with Crippen molar-refractivity contribution in [2.45, 2.75) is 50.2 Å². The third kappa shape index (κ3) is 3.13. The monoisotopic (exact) mass is 299 g/mol. The zero-order valence-electron chi connectivity index (χ0n) is 11.8. The number of aliphatic hydroxyl groups is 1. The second-order valence-electron chi connectivity index (χ2n) is 5.38. The minimum Gasteiger partial charge on any atom is -0.494 e. The molecule has 0 heterocycles. The Morgan fingerprint density at radius 2 is 2.10 bits per heavy atom. The lowest BCUT2D eigenvalue weighted by molar-refractivity contribution is 0.248. The number of ether oxygens (including phenoxy) is 1. The Bertz CT molecular complexity index is 579. The Balaban J connectivity index is 2.27.